The van der Waals surface area contributed by atoms with Gasteiger partial charge in [-0.2, -0.15) is 5.10 Å². The van der Waals surface area contributed by atoms with Crippen molar-refractivity contribution in [2.45, 2.75) is 6.42 Å². The van der Waals surface area contributed by atoms with Crippen LogP contribution >= 0.6 is 15.9 Å². The van der Waals surface area contributed by atoms with Gasteiger partial charge in [-0.3, -0.25) is 4.79 Å². The highest BCUT2D eigenvalue weighted by Crippen LogP contribution is 2.30. The van der Waals surface area contributed by atoms with Crippen LogP contribution in [0, 0.1) is 0 Å². The summed E-state index contributed by atoms with van der Waals surface area (Å²) in [5.41, 5.74) is 3.01. The second-order valence-corrected chi connectivity index (χ2v) is 7.56. The molecule has 3 aromatic carbocycles. The van der Waals surface area contributed by atoms with E-state index in [9.17, 15) is 4.79 Å². The molecule has 1 N–H and O–H groups in total. The highest BCUT2D eigenvalue weighted by atomic mass is 79.9. The van der Waals surface area contributed by atoms with Crippen molar-refractivity contribution in [1.82, 2.24) is 14.8 Å². The smallest absolute Gasteiger partial charge is 0.228 e. The second-order valence-electron chi connectivity index (χ2n) is 6.65. The Morgan fingerprint density at radius 3 is 2.90 bits per heavy atom. The van der Waals surface area contributed by atoms with E-state index in [1.165, 1.54) is 6.33 Å². The standard InChI is InChI=1S/C22H15BrN4O2/c23-16-6-7-19(27-13-24-12-25-27)18(10-16)26-21(28)9-15-11-29-20-8-5-14-3-1-2-4-17(14)22(15)20/h1-8,10-13H,9H2,(H,26,28). The topological polar surface area (TPSA) is 73.0 Å². The van der Waals surface area contributed by atoms with E-state index >= 15 is 0 Å². The summed E-state index contributed by atoms with van der Waals surface area (Å²) in [6.07, 6.45) is 4.91. The number of carbonyl (C=O) groups is 1. The van der Waals surface area contributed by atoms with Crippen molar-refractivity contribution in [2.75, 3.05) is 5.32 Å². The van der Waals surface area contributed by atoms with Crippen LogP contribution in [0.1, 0.15) is 5.56 Å². The molecule has 0 radical (unpaired) electrons. The van der Waals surface area contributed by atoms with Crippen molar-refractivity contribution in [1.29, 1.82) is 0 Å². The van der Waals surface area contributed by atoms with Crippen LogP contribution in [0.4, 0.5) is 5.69 Å². The monoisotopic (exact) mass is 446 g/mol. The first-order valence-corrected chi connectivity index (χ1v) is 9.80. The molecule has 0 saturated carbocycles. The molecule has 6 nitrogen and oxygen atoms in total. The molecule has 0 spiro atoms. The SMILES string of the molecule is O=C(Cc1coc2ccc3ccccc3c12)Nc1cc(Br)ccc1-n1cncn1. The molecular weight excluding hydrogens is 432 g/mol. The maximum Gasteiger partial charge on any atom is 0.228 e. The minimum Gasteiger partial charge on any atom is -0.464 e. The molecule has 142 valence electrons. The normalized spacial score (nSPS) is 11.2. The Bertz CT molecular complexity index is 1340. The predicted molar refractivity (Wildman–Crippen MR) is 115 cm³/mol. The van der Waals surface area contributed by atoms with Gasteiger partial charge in [0, 0.05) is 15.4 Å². The first-order chi connectivity index (χ1) is 14.2. The summed E-state index contributed by atoms with van der Waals surface area (Å²) in [5, 5.41) is 10.3. The molecule has 5 rings (SSSR count). The van der Waals surface area contributed by atoms with Crippen LogP contribution in [-0.2, 0) is 11.2 Å². The summed E-state index contributed by atoms with van der Waals surface area (Å²) in [6.45, 7) is 0. The predicted octanol–water partition coefficient (Wildman–Crippen LogP) is 5.11. The Morgan fingerprint density at radius 2 is 2.03 bits per heavy atom. The van der Waals surface area contributed by atoms with Crippen molar-refractivity contribution in [3.8, 4) is 5.69 Å². The van der Waals surface area contributed by atoms with E-state index < -0.39 is 0 Å². The Hall–Kier alpha value is -3.45. The molecule has 0 fully saturated rings. The van der Waals surface area contributed by atoms with Crippen LogP contribution in [0.15, 0.2) is 82.4 Å². The Balaban J connectivity index is 1.48. The van der Waals surface area contributed by atoms with Crippen molar-refractivity contribution in [3.63, 3.8) is 0 Å². The molecule has 1 amide bonds. The molecular formula is C22H15BrN4O2. The van der Waals surface area contributed by atoms with Gasteiger partial charge in [0.1, 0.15) is 18.2 Å². The zero-order valence-electron chi connectivity index (χ0n) is 15.2. The molecule has 7 heteroatoms. The van der Waals surface area contributed by atoms with Gasteiger partial charge in [-0.15, -0.1) is 0 Å². The lowest BCUT2D eigenvalue weighted by Crippen LogP contribution is -2.16. The van der Waals surface area contributed by atoms with Gasteiger partial charge >= 0.3 is 0 Å². The number of nitrogens with zero attached hydrogens (tertiary/aromatic N) is 3. The number of rotatable bonds is 4. The van der Waals surface area contributed by atoms with Crippen molar-refractivity contribution < 1.29 is 9.21 Å². The third-order valence-corrected chi connectivity index (χ3v) is 5.28. The van der Waals surface area contributed by atoms with Gasteiger partial charge in [-0.1, -0.05) is 46.3 Å². The van der Waals surface area contributed by atoms with E-state index in [-0.39, 0.29) is 12.3 Å². The number of hydrogen-bond acceptors (Lipinski definition) is 4. The lowest BCUT2D eigenvalue weighted by Gasteiger charge is -2.11. The highest BCUT2D eigenvalue weighted by molar-refractivity contribution is 9.10. The van der Waals surface area contributed by atoms with E-state index in [0.717, 1.165) is 37.5 Å². The number of carbonyl (C=O) groups excluding carboxylic acids is 1. The third kappa shape index (κ3) is 3.30. The Kier molecular flexibility index (Phi) is 4.37. The van der Waals surface area contributed by atoms with E-state index in [1.54, 1.807) is 17.3 Å². The van der Waals surface area contributed by atoms with Crippen LogP contribution < -0.4 is 5.32 Å². The van der Waals surface area contributed by atoms with Crippen LogP contribution in [0.25, 0.3) is 27.4 Å². The molecule has 0 unspecified atom stereocenters. The molecule has 0 aliphatic rings. The fourth-order valence-corrected chi connectivity index (χ4v) is 3.87. The summed E-state index contributed by atoms with van der Waals surface area (Å²) >= 11 is 3.46. The first kappa shape index (κ1) is 17.6. The second kappa shape index (κ2) is 7.18. The number of furan rings is 1. The zero-order chi connectivity index (χ0) is 19.8. The average molecular weight is 447 g/mol. The summed E-state index contributed by atoms with van der Waals surface area (Å²) in [4.78, 5) is 16.9. The van der Waals surface area contributed by atoms with Gasteiger partial charge in [0.25, 0.3) is 0 Å². The van der Waals surface area contributed by atoms with E-state index in [1.807, 2.05) is 48.5 Å². The molecule has 2 heterocycles. The van der Waals surface area contributed by atoms with Crippen LogP contribution in [-0.4, -0.2) is 20.7 Å². The number of amides is 1. The van der Waals surface area contributed by atoms with Crippen LogP contribution in [0.2, 0.25) is 0 Å². The summed E-state index contributed by atoms with van der Waals surface area (Å²) in [6, 6.07) is 17.7. The number of anilines is 1. The van der Waals surface area contributed by atoms with E-state index in [0.29, 0.717) is 5.69 Å². The lowest BCUT2D eigenvalue weighted by molar-refractivity contribution is -0.115. The minimum absolute atomic E-state index is 0.139. The number of halogens is 1. The molecule has 0 aliphatic carbocycles. The molecule has 0 atom stereocenters. The number of aromatic nitrogens is 3. The van der Waals surface area contributed by atoms with Crippen molar-refractivity contribution in [3.05, 3.63) is 83.6 Å². The van der Waals surface area contributed by atoms with Crippen LogP contribution in [0.3, 0.4) is 0 Å². The number of nitrogens with one attached hydrogen (secondary N) is 1. The van der Waals surface area contributed by atoms with E-state index in [2.05, 4.69) is 37.4 Å². The fourth-order valence-electron chi connectivity index (χ4n) is 3.51. The minimum atomic E-state index is -0.139. The lowest BCUT2D eigenvalue weighted by atomic mass is 10.0. The molecule has 0 saturated heterocycles. The molecule has 0 aliphatic heterocycles. The molecule has 0 bridgehead atoms. The number of benzene rings is 3. The van der Waals surface area contributed by atoms with Gasteiger partial charge < -0.3 is 9.73 Å². The third-order valence-electron chi connectivity index (χ3n) is 4.79. The highest BCUT2D eigenvalue weighted by Gasteiger charge is 2.15. The number of fused-ring (bicyclic) bond motifs is 3. The maximum atomic E-state index is 12.9. The van der Waals surface area contributed by atoms with Gasteiger partial charge in [-0.25, -0.2) is 9.67 Å². The zero-order valence-corrected chi connectivity index (χ0v) is 16.8. The molecule has 29 heavy (non-hydrogen) atoms. The molecule has 2 aromatic heterocycles. The quantitative estimate of drug-likeness (QED) is 0.416. The van der Waals surface area contributed by atoms with Gasteiger partial charge in [0.15, 0.2) is 0 Å². The van der Waals surface area contributed by atoms with Gasteiger partial charge in [-0.05, 0) is 35.0 Å². The Labute approximate surface area is 174 Å². The molecule has 5 aromatic rings. The maximum absolute atomic E-state index is 12.9. The summed E-state index contributed by atoms with van der Waals surface area (Å²) < 4.78 is 8.17. The fraction of sp³-hybridized carbons (Fsp3) is 0.0455. The average Bonchev–Trinajstić information content (AvgIpc) is 3.38. The van der Waals surface area contributed by atoms with Crippen molar-refractivity contribution >= 4 is 49.3 Å². The summed E-state index contributed by atoms with van der Waals surface area (Å²) in [7, 11) is 0. The first-order valence-electron chi connectivity index (χ1n) is 9.01. The van der Waals surface area contributed by atoms with Gasteiger partial charge in [0.2, 0.25) is 5.91 Å². The largest absolute Gasteiger partial charge is 0.464 e. The van der Waals surface area contributed by atoms with Crippen molar-refractivity contribution in [2.24, 2.45) is 0 Å². The number of hydrogen-bond donors (Lipinski definition) is 1. The Morgan fingerprint density at radius 1 is 1.14 bits per heavy atom. The van der Waals surface area contributed by atoms with Gasteiger partial charge in [0.05, 0.1) is 24.1 Å². The summed E-state index contributed by atoms with van der Waals surface area (Å²) in [5.74, 6) is -0.139. The van der Waals surface area contributed by atoms with E-state index in [4.69, 9.17) is 4.42 Å². The van der Waals surface area contributed by atoms with Crippen LogP contribution in [0.5, 0.6) is 0 Å².